The first-order chi connectivity index (χ1) is 10.3. The van der Waals surface area contributed by atoms with Crippen LogP contribution in [0.4, 0.5) is 5.82 Å². The molecule has 5 heteroatoms. The number of nitrogens with zero attached hydrogens (tertiary/aromatic N) is 3. The van der Waals surface area contributed by atoms with Gasteiger partial charge in [-0.3, -0.25) is 4.98 Å². The van der Waals surface area contributed by atoms with Crippen LogP contribution in [0.2, 0.25) is 0 Å². The van der Waals surface area contributed by atoms with E-state index in [2.05, 4.69) is 27.0 Å². The fourth-order valence-corrected chi connectivity index (χ4v) is 2.57. The van der Waals surface area contributed by atoms with Gasteiger partial charge in [0.05, 0.1) is 26.0 Å². The van der Waals surface area contributed by atoms with E-state index in [-0.39, 0.29) is 6.10 Å². The summed E-state index contributed by atoms with van der Waals surface area (Å²) in [5, 5.41) is 0. The number of ether oxygens (including phenoxy) is 2. The number of benzene rings is 1. The lowest BCUT2D eigenvalue weighted by molar-refractivity contribution is 0.0408. The number of hydrogen-bond acceptors (Lipinski definition) is 5. The van der Waals surface area contributed by atoms with Crippen molar-refractivity contribution < 1.29 is 9.47 Å². The number of hydrogen-bond donors (Lipinski definition) is 0. The van der Waals surface area contributed by atoms with E-state index in [9.17, 15) is 0 Å². The average Bonchev–Trinajstić information content (AvgIpc) is 2.56. The van der Waals surface area contributed by atoms with Crippen LogP contribution in [-0.2, 0) is 11.2 Å². The second-order valence-corrected chi connectivity index (χ2v) is 5.06. The van der Waals surface area contributed by atoms with Gasteiger partial charge in [0.15, 0.2) is 0 Å². The van der Waals surface area contributed by atoms with Crippen LogP contribution < -0.4 is 9.64 Å². The maximum absolute atomic E-state index is 5.88. The molecule has 1 saturated heterocycles. The largest absolute Gasteiger partial charge is 0.497 e. The Morgan fingerprint density at radius 1 is 1.38 bits per heavy atom. The van der Waals surface area contributed by atoms with Crippen LogP contribution in [0.1, 0.15) is 5.56 Å². The van der Waals surface area contributed by atoms with E-state index in [4.69, 9.17) is 9.47 Å². The summed E-state index contributed by atoms with van der Waals surface area (Å²) < 4.78 is 11.1. The Morgan fingerprint density at radius 3 is 3.14 bits per heavy atom. The highest BCUT2D eigenvalue weighted by Gasteiger charge is 2.21. The standard InChI is InChI=1S/C16H19N3O2/c1-20-14-4-2-3-13(9-14)10-15-12-19(7-8-21-15)16-11-17-5-6-18-16/h2-6,9,11,15H,7-8,10,12H2,1H3/t15-/m1/s1. The zero-order chi connectivity index (χ0) is 14.5. The number of morpholine rings is 1. The molecule has 0 aliphatic carbocycles. The van der Waals surface area contributed by atoms with Crippen LogP contribution in [0.25, 0.3) is 0 Å². The lowest BCUT2D eigenvalue weighted by Gasteiger charge is -2.33. The smallest absolute Gasteiger partial charge is 0.147 e. The van der Waals surface area contributed by atoms with E-state index in [1.165, 1.54) is 5.56 Å². The summed E-state index contributed by atoms with van der Waals surface area (Å²) >= 11 is 0. The molecular weight excluding hydrogens is 266 g/mol. The number of anilines is 1. The van der Waals surface area contributed by atoms with Crippen molar-refractivity contribution in [3.63, 3.8) is 0 Å². The predicted molar refractivity (Wildman–Crippen MR) is 80.7 cm³/mol. The van der Waals surface area contributed by atoms with Gasteiger partial charge in [0, 0.05) is 31.9 Å². The summed E-state index contributed by atoms with van der Waals surface area (Å²) in [6.07, 6.45) is 6.24. The molecular formula is C16H19N3O2. The highest BCUT2D eigenvalue weighted by molar-refractivity contribution is 5.36. The van der Waals surface area contributed by atoms with Crippen molar-refractivity contribution in [2.45, 2.75) is 12.5 Å². The van der Waals surface area contributed by atoms with Gasteiger partial charge in [-0.1, -0.05) is 12.1 Å². The van der Waals surface area contributed by atoms with Crippen molar-refractivity contribution in [3.8, 4) is 5.75 Å². The number of rotatable bonds is 4. The molecule has 0 saturated carbocycles. The first-order valence-corrected chi connectivity index (χ1v) is 7.10. The second kappa shape index (κ2) is 6.54. The molecule has 0 bridgehead atoms. The normalized spacial score (nSPS) is 18.5. The van der Waals surface area contributed by atoms with Crippen molar-refractivity contribution in [1.82, 2.24) is 9.97 Å². The SMILES string of the molecule is COc1cccc(C[C@@H]2CN(c3cnccn3)CCO2)c1. The summed E-state index contributed by atoms with van der Waals surface area (Å²) in [7, 11) is 1.69. The first-order valence-electron chi connectivity index (χ1n) is 7.10. The second-order valence-electron chi connectivity index (χ2n) is 5.06. The van der Waals surface area contributed by atoms with Crippen LogP contribution in [-0.4, -0.2) is 42.9 Å². The molecule has 1 atom stereocenters. The Hall–Kier alpha value is -2.14. The number of methoxy groups -OCH3 is 1. The molecule has 1 aliphatic rings. The highest BCUT2D eigenvalue weighted by Crippen LogP contribution is 2.19. The summed E-state index contributed by atoms with van der Waals surface area (Å²) in [4.78, 5) is 10.7. The first kappa shape index (κ1) is 13.8. The van der Waals surface area contributed by atoms with Crippen molar-refractivity contribution in [1.29, 1.82) is 0 Å². The molecule has 110 valence electrons. The summed E-state index contributed by atoms with van der Waals surface area (Å²) in [6.45, 7) is 2.40. The minimum absolute atomic E-state index is 0.160. The third-order valence-electron chi connectivity index (χ3n) is 3.61. The Morgan fingerprint density at radius 2 is 2.33 bits per heavy atom. The van der Waals surface area contributed by atoms with Crippen molar-refractivity contribution in [2.75, 3.05) is 31.7 Å². The molecule has 1 aliphatic heterocycles. The molecule has 0 amide bonds. The average molecular weight is 285 g/mol. The molecule has 5 nitrogen and oxygen atoms in total. The molecule has 1 fully saturated rings. The van der Waals surface area contributed by atoms with E-state index in [0.717, 1.165) is 31.1 Å². The molecule has 1 aromatic carbocycles. The maximum atomic E-state index is 5.88. The molecule has 0 spiro atoms. The van der Waals surface area contributed by atoms with Gasteiger partial charge in [-0.05, 0) is 17.7 Å². The van der Waals surface area contributed by atoms with Crippen LogP contribution in [0.15, 0.2) is 42.9 Å². The zero-order valence-corrected chi connectivity index (χ0v) is 12.1. The Balaban J connectivity index is 1.66. The van der Waals surface area contributed by atoms with Crippen molar-refractivity contribution in [3.05, 3.63) is 48.4 Å². The van der Waals surface area contributed by atoms with Gasteiger partial charge >= 0.3 is 0 Å². The Labute approximate surface area is 124 Å². The zero-order valence-electron chi connectivity index (χ0n) is 12.1. The van der Waals surface area contributed by atoms with Gasteiger partial charge in [0.25, 0.3) is 0 Å². The molecule has 0 unspecified atom stereocenters. The van der Waals surface area contributed by atoms with Crippen molar-refractivity contribution in [2.24, 2.45) is 0 Å². The fraction of sp³-hybridized carbons (Fsp3) is 0.375. The van der Waals surface area contributed by atoms with Crippen LogP contribution in [0.5, 0.6) is 5.75 Å². The third kappa shape index (κ3) is 3.49. The van der Waals surface area contributed by atoms with Gasteiger partial charge in [-0.2, -0.15) is 0 Å². The Kier molecular flexibility index (Phi) is 4.31. The highest BCUT2D eigenvalue weighted by atomic mass is 16.5. The lowest BCUT2D eigenvalue weighted by atomic mass is 10.1. The van der Waals surface area contributed by atoms with E-state index in [1.807, 2.05) is 12.1 Å². The summed E-state index contributed by atoms with van der Waals surface area (Å²) in [6, 6.07) is 8.13. The molecule has 0 N–H and O–H groups in total. The van der Waals surface area contributed by atoms with Crippen LogP contribution in [0, 0.1) is 0 Å². The maximum Gasteiger partial charge on any atom is 0.147 e. The van der Waals surface area contributed by atoms with Crippen LogP contribution in [0.3, 0.4) is 0 Å². The summed E-state index contributed by atoms with van der Waals surface area (Å²) in [5.41, 5.74) is 1.22. The lowest BCUT2D eigenvalue weighted by Crippen LogP contribution is -2.43. The Bertz CT molecular complexity index is 577. The molecule has 2 heterocycles. The van der Waals surface area contributed by atoms with Crippen molar-refractivity contribution >= 4 is 5.82 Å². The van der Waals surface area contributed by atoms with Gasteiger partial charge in [-0.15, -0.1) is 0 Å². The van der Waals surface area contributed by atoms with E-state index >= 15 is 0 Å². The van der Waals surface area contributed by atoms with Gasteiger partial charge in [-0.25, -0.2) is 4.98 Å². The minimum atomic E-state index is 0.160. The molecule has 21 heavy (non-hydrogen) atoms. The molecule has 3 rings (SSSR count). The van der Waals surface area contributed by atoms with E-state index in [1.54, 1.807) is 25.7 Å². The fourth-order valence-electron chi connectivity index (χ4n) is 2.57. The third-order valence-corrected chi connectivity index (χ3v) is 3.61. The number of aromatic nitrogens is 2. The molecule has 0 radical (unpaired) electrons. The monoisotopic (exact) mass is 285 g/mol. The quantitative estimate of drug-likeness (QED) is 0.859. The van der Waals surface area contributed by atoms with Gasteiger partial charge < -0.3 is 14.4 Å². The molecule has 2 aromatic rings. The minimum Gasteiger partial charge on any atom is -0.497 e. The van der Waals surface area contributed by atoms with E-state index in [0.29, 0.717) is 6.61 Å². The van der Waals surface area contributed by atoms with Gasteiger partial charge in [0.1, 0.15) is 11.6 Å². The summed E-state index contributed by atoms with van der Waals surface area (Å²) in [5.74, 6) is 1.80. The van der Waals surface area contributed by atoms with Crippen LogP contribution >= 0.6 is 0 Å². The topological polar surface area (TPSA) is 47.5 Å². The van der Waals surface area contributed by atoms with E-state index < -0.39 is 0 Å². The molecule has 1 aromatic heterocycles. The predicted octanol–water partition coefficient (Wildman–Crippen LogP) is 1.93. The van der Waals surface area contributed by atoms with Gasteiger partial charge in [0.2, 0.25) is 0 Å².